The van der Waals surface area contributed by atoms with Gasteiger partial charge >= 0.3 is 5.97 Å². The van der Waals surface area contributed by atoms with E-state index in [0.717, 1.165) is 5.69 Å². The Morgan fingerprint density at radius 1 is 1.38 bits per heavy atom. The summed E-state index contributed by atoms with van der Waals surface area (Å²) in [6.45, 7) is 5.06. The zero-order valence-corrected chi connectivity index (χ0v) is 15.3. The van der Waals surface area contributed by atoms with E-state index < -0.39 is 18.0 Å². The molecule has 2 N–H and O–H groups in total. The Morgan fingerprint density at radius 2 is 2.04 bits per heavy atom. The van der Waals surface area contributed by atoms with Crippen molar-refractivity contribution in [2.75, 3.05) is 5.32 Å². The number of ether oxygens (including phenoxy) is 1. The molecule has 2 rings (SSSR count). The topological polar surface area (TPSA) is 93.5 Å². The van der Waals surface area contributed by atoms with E-state index in [9.17, 15) is 14.7 Å². The number of hydrogen-bond donors (Lipinski definition) is 2. The normalized spacial score (nSPS) is 11.9. The second-order valence-corrected chi connectivity index (χ2v) is 6.28. The molecule has 0 aliphatic rings. The molecule has 1 amide bonds. The Hall–Kier alpha value is -2.35. The standard InChI is InChI=1S/C16H18BrN3O4/c1-8-14(9(2)20(4)19-8)18-15(22)10(3)24-16(23)12-7-11(17)5-6-13(12)21/h5-7,10,21H,1-4H3,(H,18,22)/t10-/m1/s1. The van der Waals surface area contributed by atoms with Crippen LogP contribution in [-0.2, 0) is 16.6 Å². The van der Waals surface area contributed by atoms with E-state index in [1.165, 1.54) is 19.1 Å². The molecule has 0 spiro atoms. The number of aromatic hydroxyl groups is 1. The lowest BCUT2D eigenvalue weighted by Crippen LogP contribution is -2.30. The van der Waals surface area contributed by atoms with Crippen LogP contribution in [0.2, 0.25) is 0 Å². The highest BCUT2D eigenvalue weighted by Crippen LogP contribution is 2.23. The van der Waals surface area contributed by atoms with Crippen molar-refractivity contribution in [1.29, 1.82) is 0 Å². The average molecular weight is 396 g/mol. The first kappa shape index (κ1) is 18.0. The highest BCUT2D eigenvalue weighted by atomic mass is 79.9. The van der Waals surface area contributed by atoms with Gasteiger partial charge in [-0.25, -0.2) is 4.79 Å². The van der Waals surface area contributed by atoms with Crippen LogP contribution >= 0.6 is 15.9 Å². The van der Waals surface area contributed by atoms with E-state index in [-0.39, 0.29) is 11.3 Å². The number of anilines is 1. The zero-order chi connectivity index (χ0) is 18.0. The van der Waals surface area contributed by atoms with Crippen molar-refractivity contribution < 1.29 is 19.4 Å². The van der Waals surface area contributed by atoms with E-state index >= 15 is 0 Å². The molecule has 8 heteroatoms. The van der Waals surface area contributed by atoms with Gasteiger partial charge in [-0.2, -0.15) is 5.10 Å². The smallest absolute Gasteiger partial charge is 0.342 e. The lowest BCUT2D eigenvalue weighted by Gasteiger charge is -2.14. The first-order valence-electron chi connectivity index (χ1n) is 7.21. The second-order valence-electron chi connectivity index (χ2n) is 5.37. The van der Waals surface area contributed by atoms with Crippen molar-refractivity contribution in [3.8, 4) is 5.75 Å². The highest BCUT2D eigenvalue weighted by Gasteiger charge is 2.23. The number of carbonyl (C=O) groups excluding carboxylic acids is 2. The van der Waals surface area contributed by atoms with Gasteiger partial charge in [-0.3, -0.25) is 9.48 Å². The summed E-state index contributed by atoms with van der Waals surface area (Å²) >= 11 is 3.21. The lowest BCUT2D eigenvalue weighted by molar-refractivity contribution is -0.123. The number of phenolic OH excluding ortho intramolecular Hbond substituents is 1. The predicted molar refractivity (Wildman–Crippen MR) is 92.0 cm³/mol. The van der Waals surface area contributed by atoms with E-state index in [1.807, 2.05) is 6.92 Å². The molecule has 0 fully saturated rings. The van der Waals surface area contributed by atoms with Crippen LogP contribution in [0, 0.1) is 13.8 Å². The maximum atomic E-state index is 12.2. The summed E-state index contributed by atoms with van der Waals surface area (Å²) in [6.07, 6.45) is -1.03. The molecule has 1 aromatic heterocycles. The van der Waals surface area contributed by atoms with Gasteiger partial charge in [-0.15, -0.1) is 0 Å². The van der Waals surface area contributed by atoms with Gasteiger partial charge in [0.05, 0.1) is 17.1 Å². The number of amides is 1. The molecule has 1 atom stereocenters. The molecule has 24 heavy (non-hydrogen) atoms. The minimum absolute atomic E-state index is 0.0160. The molecule has 0 saturated carbocycles. The van der Waals surface area contributed by atoms with E-state index in [2.05, 4.69) is 26.3 Å². The molecule has 1 heterocycles. The van der Waals surface area contributed by atoms with Crippen molar-refractivity contribution in [2.45, 2.75) is 26.9 Å². The summed E-state index contributed by atoms with van der Waals surface area (Å²) in [4.78, 5) is 24.4. The number of phenols is 1. The highest BCUT2D eigenvalue weighted by molar-refractivity contribution is 9.10. The summed E-state index contributed by atoms with van der Waals surface area (Å²) in [6, 6.07) is 4.39. The van der Waals surface area contributed by atoms with Gasteiger partial charge in [0.15, 0.2) is 6.10 Å². The first-order valence-corrected chi connectivity index (χ1v) is 8.00. The van der Waals surface area contributed by atoms with Crippen molar-refractivity contribution in [1.82, 2.24) is 9.78 Å². The predicted octanol–water partition coefficient (Wildman–Crippen LogP) is 2.69. The maximum absolute atomic E-state index is 12.2. The van der Waals surface area contributed by atoms with Crippen LogP contribution in [0.3, 0.4) is 0 Å². The van der Waals surface area contributed by atoms with Crippen LogP contribution < -0.4 is 5.32 Å². The fourth-order valence-electron chi connectivity index (χ4n) is 2.13. The molecule has 0 bridgehead atoms. The third-order valence-corrected chi connectivity index (χ3v) is 4.08. The SMILES string of the molecule is Cc1nn(C)c(C)c1NC(=O)[C@@H](C)OC(=O)c1cc(Br)ccc1O. The van der Waals surface area contributed by atoms with Gasteiger partial charge in [-0.1, -0.05) is 15.9 Å². The summed E-state index contributed by atoms with van der Waals surface area (Å²) in [7, 11) is 1.78. The number of esters is 1. The molecule has 7 nitrogen and oxygen atoms in total. The molecule has 2 aromatic rings. The van der Waals surface area contributed by atoms with Gasteiger partial charge in [0.25, 0.3) is 5.91 Å². The lowest BCUT2D eigenvalue weighted by atomic mass is 10.2. The summed E-state index contributed by atoms with van der Waals surface area (Å²) in [5, 5.41) is 16.7. The summed E-state index contributed by atoms with van der Waals surface area (Å²) in [5.41, 5.74) is 2.05. The Kier molecular flexibility index (Phi) is 5.28. The summed E-state index contributed by atoms with van der Waals surface area (Å²) < 4.78 is 7.40. The number of aromatic nitrogens is 2. The molecule has 0 radical (unpaired) electrons. The quantitative estimate of drug-likeness (QED) is 0.776. The molecular formula is C16H18BrN3O4. The Morgan fingerprint density at radius 3 is 2.62 bits per heavy atom. The fraction of sp³-hybridized carbons (Fsp3) is 0.312. The second kappa shape index (κ2) is 7.04. The Balaban J connectivity index is 2.08. The van der Waals surface area contributed by atoms with E-state index in [4.69, 9.17) is 4.74 Å². The number of hydrogen-bond acceptors (Lipinski definition) is 5. The minimum atomic E-state index is -1.03. The molecular weight excluding hydrogens is 378 g/mol. The van der Waals surface area contributed by atoms with Crippen LogP contribution in [0.5, 0.6) is 5.75 Å². The number of rotatable bonds is 4. The third-order valence-electron chi connectivity index (χ3n) is 3.59. The summed E-state index contributed by atoms with van der Waals surface area (Å²) in [5.74, 6) is -1.47. The number of nitrogens with zero attached hydrogens (tertiary/aromatic N) is 2. The van der Waals surface area contributed by atoms with Gasteiger partial charge in [0.1, 0.15) is 11.3 Å². The minimum Gasteiger partial charge on any atom is -0.507 e. The van der Waals surface area contributed by atoms with Crippen LogP contribution in [0.25, 0.3) is 0 Å². The van der Waals surface area contributed by atoms with E-state index in [1.54, 1.807) is 24.7 Å². The average Bonchev–Trinajstić information content (AvgIpc) is 2.75. The Labute approximate surface area is 147 Å². The van der Waals surface area contributed by atoms with Crippen molar-refractivity contribution in [3.63, 3.8) is 0 Å². The monoisotopic (exact) mass is 395 g/mol. The van der Waals surface area contributed by atoms with Crippen LogP contribution in [0.4, 0.5) is 5.69 Å². The number of aryl methyl sites for hydroxylation is 2. The molecule has 128 valence electrons. The van der Waals surface area contributed by atoms with Crippen LogP contribution in [-0.4, -0.2) is 32.9 Å². The van der Waals surface area contributed by atoms with Crippen LogP contribution in [0.1, 0.15) is 28.7 Å². The Bertz CT molecular complexity index is 801. The number of carbonyl (C=O) groups is 2. The van der Waals surface area contributed by atoms with Crippen molar-refractivity contribution in [2.24, 2.45) is 7.05 Å². The molecule has 1 aromatic carbocycles. The molecule has 0 saturated heterocycles. The van der Waals surface area contributed by atoms with Crippen LogP contribution in [0.15, 0.2) is 22.7 Å². The van der Waals surface area contributed by atoms with Crippen molar-refractivity contribution >= 4 is 33.5 Å². The number of benzene rings is 1. The molecule has 0 aliphatic heterocycles. The van der Waals surface area contributed by atoms with Gasteiger partial charge in [0.2, 0.25) is 0 Å². The van der Waals surface area contributed by atoms with E-state index in [0.29, 0.717) is 15.9 Å². The zero-order valence-electron chi connectivity index (χ0n) is 13.8. The maximum Gasteiger partial charge on any atom is 0.342 e. The number of halogens is 1. The van der Waals surface area contributed by atoms with Gasteiger partial charge in [-0.05, 0) is 39.0 Å². The number of nitrogens with one attached hydrogen (secondary N) is 1. The van der Waals surface area contributed by atoms with Gasteiger partial charge < -0.3 is 15.2 Å². The third kappa shape index (κ3) is 3.76. The van der Waals surface area contributed by atoms with Crippen molar-refractivity contribution in [3.05, 3.63) is 39.6 Å². The van der Waals surface area contributed by atoms with Gasteiger partial charge in [0, 0.05) is 11.5 Å². The molecule has 0 unspecified atom stereocenters. The molecule has 0 aliphatic carbocycles. The largest absolute Gasteiger partial charge is 0.507 e. The first-order chi connectivity index (χ1) is 11.2. The fourth-order valence-corrected chi connectivity index (χ4v) is 2.49.